The molecule has 0 aliphatic rings. The van der Waals surface area contributed by atoms with Crippen LogP contribution in [0.15, 0.2) is 18.2 Å². The summed E-state index contributed by atoms with van der Waals surface area (Å²) in [5, 5.41) is 2.62. The number of alkyl halides is 1. The molecule has 0 fully saturated rings. The first kappa shape index (κ1) is 13.9. The fourth-order valence-corrected chi connectivity index (χ4v) is 1.71. The maximum absolute atomic E-state index is 13.3. The lowest BCUT2D eigenvalue weighted by molar-refractivity contribution is 0.0930. The predicted octanol–water partition coefficient (Wildman–Crippen LogP) is 3.10. The van der Waals surface area contributed by atoms with Gasteiger partial charge in [-0.15, -0.1) is 11.6 Å². The number of rotatable bonds is 5. The lowest BCUT2D eigenvalue weighted by Crippen LogP contribution is -2.35. The second kappa shape index (κ2) is 6.55. The van der Waals surface area contributed by atoms with Crippen LogP contribution in [0.2, 0.25) is 0 Å². The molecule has 94 valence electrons. The first-order chi connectivity index (χ1) is 8.08. The molecule has 0 aliphatic heterocycles. The van der Waals surface area contributed by atoms with Crippen molar-refractivity contribution in [3.63, 3.8) is 0 Å². The van der Waals surface area contributed by atoms with E-state index in [0.717, 1.165) is 18.2 Å². The molecule has 0 saturated carbocycles. The van der Waals surface area contributed by atoms with Gasteiger partial charge in [-0.05, 0) is 31.0 Å². The molecule has 1 atom stereocenters. The SMILES string of the molecule is CCC(CCCl)NC(=O)c1cc(F)ccc1F. The molecule has 1 aromatic carbocycles. The first-order valence-electron chi connectivity index (χ1n) is 5.40. The molecule has 2 nitrogen and oxygen atoms in total. The molecular weight excluding hydrogens is 248 g/mol. The molecule has 17 heavy (non-hydrogen) atoms. The minimum Gasteiger partial charge on any atom is -0.349 e. The molecular formula is C12H14ClF2NO. The summed E-state index contributed by atoms with van der Waals surface area (Å²) < 4.78 is 26.2. The average Bonchev–Trinajstić information content (AvgIpc) is 2.31. The van der Waals surface area contributed by atoms with E-state index in [-0.39, 0.29) is 11.6 Å². The minimum atomic E-state index is -0.732. The molecule has 0 saturated heterocycles. The van der Waals surface area contributed by atoms with Gasteiger partial charge in [0.05, 0.1) is 5.56 Å². The Morgan fingerprint density at radius 2 is 2.18 bits per heavy atom. The third-order valence-electron chi connectivity index (χ3n) is 2.46. The molecule has 5 heteroatoms. The standard InChI is InChI=1S/C12H14ClF2NO/c1-2-9(5-6-13)16-12(17)10-7-8(14)3-4-11(10)15/h3-4,7,9H,2,5-6H2,1H3,(H,16,17). The highest BCUT2D eigenvalue weighted by molar-refractivity contribution is 6.17. The lowest BCUT2D eigenvalue weighted by atomic mass is 10.1. The van der Waals surface area contributed by atoms with Crippen molar-refractivity contribution >= 4 is 17.5 Å². The number of benzene rings is 1. The summed E-state index contributed by atoms with van der Waals surface area (Å²) in [5.41, 5.74) is -0.280. The molecule has 0 heterocycles. The maximum Gasteiger partial charge on any atom is 0.254 e. The van der Waals surface area contributed by atoms with Gasteiger partial charge in [0.25, 0.3) is 5.91 Å². The smallest absolute Gasteiger partial charge is 0.254 e. The summed E-state index contributed by atoms with van der Waals surface area (Å²) in [6.45, 7) is 1.89. The van der Waals surface area contributed by atoms with Gasteiger partial charge >= 0.3 is 0 Å². The van der Waals surface area contributed by atoms with Crippen LogP contribution in [-0.4, -0.2) is 17.8 Å². The number of nitrogens with one attached hydrogen (secondary N) is 1. The summed E-state index contributed by atoms with van der Waals surface area (Å²) in [6.07, 6.45) is 1.29. The van der Waals surface area contributed by atoms with Crippen LogP contribution >= 0.6 is 11.6 Å². The largest absolute Gasteiger partial charge is 0.349 e. The predicted molar refractivity (Wildman–Crippen MR) is 63.2 cm³/mol. The number of hydrogen-bond donors (Lipinski definition) is 1. The van der Waals surface area contributed by atoms with E-state index in [9.17, 15) is 13.6 Å². The highest BCUT2D eigenvalue weighted by Gasteiger charge is 2.16. The number of carbonyl (C=O) groups excluding carboxylic acids is 1. The zero-order valence-electron chi connectivity index (χ0n) is 9.47. The third kappa shape index (κ3) is 3.97. The normalized spacial score (nSPS) is 12.2. The second-order valence-corrected chi connectivity index (χ2v) is 4.06. The van der Waals surface area contributed by atoms with Gasteiger partial charge in [-0.25, -0.2) is 8.78 Å². The summed E-state index contributed by atoms with van der Waals surface area (Å²) in [7, 11) is 0. The van der Waals surface area contributed by atoms with Crippen LogP contribution in [0.4, 0.5) is 8.78 Å². The van der Waals surface area contributed by atoms with Crippen molar-refractivity contribution in [3.05, 3.63) is 35.4 Å². The molecule has 1 rings (SSSR count). The highest BCUT2D eigenvalue weighted by Crippen LogP contribution is 2.10. The van der Waals surface area contributed by atoms with Crippen molar-refractivity contribution in [3.8, 4) is 0 Å². The summed E-state index contributed by atoms with van der Waals surface area (Å²) in [5.74, 6) is -1.57. The molecule has 0 spiro atoms. The van der Waals surface area contributed by atoms with E-state index in [1.165, 1.54) is 0 Å². The minimum absolute atomic E-state index is 0.123. The van der Waals surface area contributed by atoms with Gasteiger partial charge in [-0.3, -0.25) is 4.79 Å². The average molecular weight is 262 g/mol. The Labute approximate surface area is 104 Å². The topological polar surface area (TPSA) is 29.1 Å². The number of hydrogen-bond acceptors (Lipinski definition) is 1. The van der Waals surface area contributed by atoms with E-state index in [1.54, 1.807) is 0 Å². The quantitative estimate of drug-likeness (QED) is 0.811. The van der Waals surface area contributed by atoms with Crippen LogP contribution < -0.4 is 5.32 Å². The van der Waals surface area contributed by atoms with Gasteiger partial charge in [0, 0.05) is 11.9 Å². The van der Waals surface area contributed by atoms with Crippen LogP contribution in [0.3, 0.4) is 0 Å². The first-order valence-corrected chi connectivity index (χ1v) is 5.93. The number of carbonyl (C=O) groups is 1. The van der Waals surface area contributed by atoms with E-state index in [0.29, 0.717) is 18.7 Å². The Balaban J connectivity index is 2.78. The van der Waals surface area contributed by atoms with Gasteiger partial charge in [0.1, 0.15) is 11.6 Å². The van der Waals surface area contributed by atoms with E-state index >= 15 is 0 Å². The van der Waals surface area contributed by atoms with Crippen LogP contribution in [-0.2, 0) is 0 Å². The molecule has 1 aromatic rings. The Morgan fingerprint density at radius 3 is 2.76 bits per heavy atom. The summed E-state index contributed by atoms with van der Waals surface area (Å²) in [6, 6.07) is 2.68. The zero-order chi connectivity index (χ0) is 12.8. The molecule has 0 aliphatic carbocycles. The molecule has 0 bridgehead atoms. The summed E-state index contributed by atoms with van der Waals surface area (Å²) >= 11 is 5.58. The van der Waals surface area contributed by atoms with Gasteiger partial charge in [0.15, 0.2) is 0 Å². The van der Waals surface area contributed by atoms with E-state index < -0.39 is 17.5 Å². The molecule has 1 amide bonds. The number of amides is 1. The Morgan fingerprint density at radius 1 is 1.47 bits per heavy atom. The van der Waals surface area contributed by atoms with Crippen molar-refractivity contribution in [2.24, 2.45) is 0 Å². The van der Waals surface area contributed by atoms with Crippen LogP contribution in [0.25, 0.3) is 0 Å². The maximum atomic E-state index is 13.3. The van der Waals surface area contributed by atoms with Gasteiger partial charge < -0.3 is 5.32 Å². The van der Waals surface area contributed by atoms with Crippen LogP contribution in [0, 0.1) is 11.6 Å². The van der Waals surface area contributed by atoms with Crippen molar-refractivity contribution in [2.75, 3.05) is 5.88 Å². The summed E-state index contributed by atoms with van der Waals surface area (Å²) in [4.78, 5) is 11.7. The fraction of sp³-hybridized carbons (Fsp3) is 0.417. The second-order valence-electron chi connectivity index (χ2n) is 3.68. The van der Waals surface area contributed by atoms with Crippen LogP contribution in [0.5, 0.6) is 0 Å². The van der Waals surface area contributed by atoms with Crippen molar-refractivity contribution in [2.45, 2.75) is 25.8 Å². The molecule has 1 unspecified atom stereocenters. The number of halogens is 3. The van der Waals surface area contributed by atoms with Crippen molar-refractivity contribution in [1.82, 2.24) is 5.32 Å². The van der Waals surface area contributed by atoms with Gasteiger partial charge in [-0.2, -0.15) is 0 Å². The molecule has 0 aromatic heterocycles. The Bertz CT molecular complexity index is 398. The van der Waals surface area contributed by atoms with Gasteiger partial charge in [0.2, 0.25) is 0 Å². The van der Waals surface area contributed by atoms with E-state index in [1.807, 2.05) is 6.92 Å². The third-order valence-corrected chi connectivity index (χ3v) is 2.68. The monoisotopic (exact) mass is 261 g/mol. The molecule has 0 radical (unpaired) electrons. The van der Waals surface area contributed by atoms with Crippen LogP contribution in [0.1, 0.15) is 30.1 Å². The fourth-order valence-electron chi connectivity index (χ4n) is 1.44. The molecule has 1 N–H and O–H groups in total. The highest BCUT2D eigenvalue weighted by atomic mass is 35.5. The van der Waals surface area contributed by atoms with Crippen molar-refractivity contribution in [1.29, 1.82) is 0 Å². The zero-order valence-corrected chi connectivity index (χ0v) is 10.2. The van der Waals surface area contributed by atoms with E-state index in [2.05, 4.69) is 5.32 Å². The Hall–Kier alpha value is -1.16. The van der Waals surface area contributed by atoms with E-state index in [4.69, 9.17) is 11.6 Å². The lowest BCUT2D eigenvalue weighted by Gasteiger charge is -2.15. The van der Waals surface area contributed by atoms with Crippen molar-refractivity contribution < 1.29 is 13.6 Å². The van der Waals surface area contributed by atoms with Gasteiger partial charge in [-0.1, -0.05) is 6.92 Å². The Kier molecular flexibility index (Phi) is 5.35.